The van der Waals surface area contributed by atoms with Crippen molar-refractivity contribution in [2.45, 2.75) is 39.0 Å². The minimum atomic E-state index is -0.754. The highest BCUT2D eigenvalue weighted by Gasteiger charge is 2.55. The Labute approximate surface area is 158 Å². The fourth-order valence-electron chi connectivity index (χ4n) is 4.62. The number of carbonyl (C=O) groups is 2. The number of carboxylic acids is 1. The van der Waals surface area contributed by atoms with E-state index >= 15 is 0 Å². The molecule has 1 saturated carbocycles. The molecule has 1 amide bonds. The molecule has 4 rings (SSSR count). The highest BCUT2D eigenvalue weighted by atomic mass is 16.4. The van der Waals surface area contributed by atoms with Gasteiger partial charge in [-0.15, -0.1) is 0 Å². The molecule has 2 aromatic rings. The van der Waals surface area contributed by atoms with Crippen molar-refractivity contribution >= 4 is 11.9 Å². The Hall–Kier alpha value is -2.63. The van der Waals surface area contributed by atoms with Gasteiger partial charge in [-0.05, 0) is 25.7 Å². The van der Waals surface area contributed by atoms with E-state index in [2.05, 4.69) is 4.98 Å². The summed E-state index contributed by atoms with van der Waals surface area (Å²) in [6.07, 6.45) is 3.23. The molecule has 2 atom stereocenters. The van der Waals surface area contributed by atoms with Gasteiger partial charge in [0.15, 0.2) is 11.7 Å². The maximum atomic E-state index is 12.6. The molecule has 6 nitrogen and oxygen atoms in total. The molecule has 1 aliphatic heterocycles. The van der Waals surface area contributed by atoms with Crippen LogP contribution in [0.4, 0.5) is 0 Å². The minimum absolute atomic E-state index is 0.0119. The number of carboxylic acid groups (broad SMARTS) is 1. The lowest BCUT2D eigenvalue weighted by atomic mass is 9.81. The van der Waals surface area contributed by atoms with E-state index in [0.29, 0.717) is 31.8 Å². The number of aliphatic carboxylic acids is 1. The van der Waals surface area contributed by atoms with Gasteiger partial charge in [0.05, 0.1) is 11.1 Å². The Balaban J connectivity index is 1.40. The lowest BCUT2D eigenvalue weighted by Crippen LogP contribution is -2.37. The van der Waals surface area contributed by atoms with Gasteiger partial charge in [-0.3, -0.25) is 9.59 Å². The van der Waals surface area contributed by atoms with Crippen LogP contribution in [0.25, 0.3) is 11.3 Å². The van der Waals surface area contributed by atoms with Crippen molar-refractivity contribution in [3.05, 3.63) is 41.9 Å². The van der Waals surface area contributed by atoms with Crippen LogP contribution < -0.4 is 0 Å². The van der Waals surface area contributed by atoms with E-state index in [4.69, 9.17) is 4.42 Å². The maximum absolute atomic E-state index is 12.6. The van der Waals surface area contributed by atoms with Crippen LogP contribution in [0.15, 0.2) is 34.7 Å². The van der Waals surface area contributed by atoms with Crippen LogP contribution in [0.1, 0.15) is 37.3 Å². The molecule has 1 N–H and O–H groups in total. The number of aromatic nitrogens is 1. The van der Waals surface area contributed by atoms with Crippen molar-refractivity contribution in [2.24, 2.45) is 11.3 Å². The van der Waals surface area contributed by atoms with E-state index in [9.17, 15) is 14.7 Å². The number of fused-ring (bicyclic) bond motifs is 1. The van der Waals surface area contributed by atoms with Crippen LogP contribution in [-0.2, 0) is 16.0 Å². The number of oxazole rings is 1. The SMILES string of the molecule is Cc1nc(CCC(=O)N2C[C@@H]3CCC[C@@]3(C(=O)O)C2)oc1-c1ccccc1. The van der Waals surface area contributed by atoms with Gasteiger partial charge in [-0.2, -0.15) is 0 Å². The largest absolute Gasteiger partial charge is 0.481 e. The van der Waals surface area contributed by atoms with Gasteiger partial charge in [0.2, 0.25) is 5.91 Å². The monoisotopic (exact) mass is 368 g/mol. The second-order valence-electron chi connectivity index (χ2n) is 7.71. The zero-order chi connectivity index (χ0) is 19.0. The smallest absolute Gasteiger partial charge is 0.311 e. The Bertz CT molecular complexity index is 860. The van der Waals surface area contributed by atoms with Gasteiger partial charge in [0.1, 0.15) is 0 Å². The first kappa shape index (κ1) is 17.8. The van der Waals surface area contributed by atoms with Gasteiger partial charge in [-0.1, -0.05) is 36.8 Å². The Morgan fingerprint density at radius 1 is 1.33 bits per heavy atom. The van der Waals surface area contributed by atoms with Gasteiger partial charge < -0.3 is 14.4 Å². The normalized spacial score (nSPS) is 24.2. The van der Waals surface area contributed by atoms with Crippen molar-refractivity contribution in [1.82, 2.24) is 9.88 Å². The molecule has 2 aliphatic rings. The number of amides is 1. The van der Waals surface area contributed by atoms with E-state index in [1.54, 1.807) is 4.90 Å². The third kappa shape index (κ3) is 3.13. The number of likely N-dealkylation sites (tertiary alicyclic amines) is 1. The summed E-state index contributed by atoms with van der Waals surface area (Å²) >= 11 is 0. The Morgan fingerprint density at radius 2 is 2.11 bits per heavy atom. The number of hydrogen-bond donors (Lipinski definition) is 1. The highest BCUT2D eigenvalue weighted by molar-refractivity contribution is 5.81. The first-order chi connectivity index (χ1) is 13.0. The van der Waals surface area contributed by atoms with Gasteiger partial charge in [0, 0.05) is 31.5 Å². The van der Waals surface area contributed by atoms with Crippen LogP contribution in [0.2, 0.25) is 0 Å². The second-order valence-corrected chi connectivity index (χ2v) is 7.71. The number of benzene rings is 1. The molecule has 0 spiro atoms. The second kappa shape index (κ2) is 6.83. The summed E-state index contributed by atoms with van der Waals surface area (Å²) in [5, 5.41) is 9.66. The number of carbonyl (C=O) groups excluding carboxylic acids is 1. The van der Waals surface area contributed by atoms with Crippen LogP contribution in [0.3, 0.4) is 0 Å². The summed E-state index contributed by atoms with van der Waals surface area (Å²) in [6.45, 7) is 2.80. The topological polar surface area (TPSA) is 83.6 Å². The number of rotatable bonds is 5. The van der Waals surface area contributed by atoms with Gasteiger partial charge in [0.25, 0.3) is 0 Å². The van der Waals surface area contributed by atoms with Crippen molar-refractivity contribution in [2.75, 3.05) is 13.1 Å². The van der Waals surface area contributed by atoms with E-state index < -0.39 is 11.4 Å². The quantitative estimate of drug-likeness (QED) is 0.875. The zero-order valence-corrected chi connectivity index (χ0v) is 15.5. The standard InChI is InChI=1S/C21H24N2O4/c1-14-19(15-6-3-2-4-7-15)27-17(22-14)9-10-18(24)23-12-16-8-5-11-21(16,13-23)20(25)26/h2-4,6-7,16H,5,8-13H2,1H3,(H,25,26)/t16-,21+/m0/s1. The predicted octanol–water partition coefficient (Wildman–Crippen LogP) is 3.30. The summed E-state index contributed by atoms with van der Waals surface area (Å²) in [5.41, 5.74) is 1.05. The summed E-state index contributed by atoms with van der Waals surface area (Å²) in [5.74, 6) is 0.608. The van der Waals surface area contributed by atoms with E-state index in [1.807, 2.05) is 37.3 Å². The molecule has 0 bridgehead atoms. The molecular weight excluding hydrogens is 344 g/mol. The average Bonchev–Trinajstić information content (AvgIpc) is 3.32. The Kier molecular flexibility index (Phi) is 4.50. The molecule has 0 unspecified atom stereocenters. The fourth-order valence-corrected chi connectivity index (χ4v) is 4.62. The molecule has 0 radical (unpaired) electrons. The molecule has 2 heterocycles. The summed E-state index contributed by atoms with van der Waals surface area (Å²) in [6, 6.07) is 9.78. The van der Waals surface area contributed by atoms with Crippen LogP contribution in [0.5, 0.6) is 0 Å². The van der Waals surface area contributed by atoms with Crippen molar-refractivity contribution < 1.29 is 19.1 Å². The number of nitrogens with zero attached hydrogens (tertiary/aromatic N) is 2. The number of hydrogen-bond acceptors (Lipinski definition) is 4. The lowest BCUT2D eigenvalue weighted by molar-refractivity contribution is -0.149. The predicted molar refractivity (Wildman–Crippen MR) is 99.0 cm³/mol. The summed E-state index contributed by atoms with van der Waals surface area (Å²) in [4.78, 5) is 30.6. The number of aryl methyl sites for hydroxylation is 2. The van der Waals surface area contributed by atoms with Gasteiger partial charge in [-0.25, -0.2) is 4.98 Å². The van der Waals surface area contributed by atoms with Crippen LogP contribution in [-0.4, -0.2) is 40.0 Å². The molecule has 1 saturated heterocycles. The Morgan fingerprint density at radius 3 is 2.81 bits per heavy atom. The minimum Gasteiger partial charge on any atom is -0.481 e. The average molecular weight is 368 g/mol. The van der Waals surface area contributed by atoms with Gasteiger partial charge >= 0.3 is 5.97 Å². The summed E-state index contributed by atoms with van der Waals surface area (Å²) < 4.78 is 5.87. The maximum Gasteiger partial charge on any atom is 0.311 e. The third-order valence-corrected chi connectivity index (χ3v) is 6.08. The molecule has 1 aromatic heterocycles. The molecule has 1 aromatic carbocycles. The van der Waals surface area contributed by atoms with Crippen LogP contribution >= 0.6 is 0 Å². The first-order valence-electron chi connectivity index (χ1n) is 9.52. The zero-order valence-electron chi connectivity index (χ0n) is 15.5. The molecule has 1 aliphatic carbocycles. The fraction of sp³-hybridized carbons (Fsp3) is 0.476. The van der Waals surface area contributed by atoms with E-state index in [0.717, 1.165) is 29.9 Å². The van der Waals surface area contributed by atoms with E-state index in [1.165, 1.54) is 0 Å². The van der Waals surface area contributed by atoms with Crippen molar-refractivity contribution in [1.29, 1.82) is 0 Å². The third-order valence-electron chi connectivity index (χ3n) is 6.08. The molecule has 6 heteroatoms. The lowest BCUT2D eigenvalue weighted by Gasteiger charge is -2.23. The van der Waals surface area contributed by atoms with E-state index in [-0.39, 0.29) is 18.2 Å². The molecule has 2 fully saturated rings. The molecular formula is C21H24N2O4. The highest BCUT2D eigenvalue weighted by Crippen LogP contribution is 2.49. The molecule has 142 valence electrons. The molecule has 27 heavy (non-hydrogen) atoms. The first-order valence-corrected chi connectivity index (χ1v) is 9.52. The van der Waals surface area contributed by atoms with Crippen LogP contribution in [0, 0.1) is 18.3 Å². The summed E-state index contributed by atoms with van der Waals surface area (Å²) in [7, 11) is 0. The van der Waals surface area contributed by atoms with Crippen molar-refractivity contribution in [3.63, 3.8) is 0 Å². The van der Waals surface area contributed by atoms with Crippen molar-refractivity contribution in [3.8, 4) is 11.3 Å².